The molecule has 2 unspecified atom stereocenters. The van der Waals surface area contributed by atoms with Crippen LogP contribution in [0.4, 0.5) is 0 Å². The Morgan fingerprint density at radius 2 is 1.95 bits per heavy atom. The van der Waals surface area contributed by atoms with Crippen molar-refractivity contribution in [2.75, 3.05) is 27.3 Å². The number of likely N-dealkylation sites (tertiary alicyclic amines) is 1. The van der Waals surface area contributed by atoms with Crippen molar-refractivity contribution in [3.05, 3.63) is 22.2 Å². The smallest absolute Gasteiger partial charge is 0.161 e. The van der Waals surface area contributed by atoms with Crippen LogP contribution < -0.4 is 15.2 Å². The lowest BCUT2D eigenvalue weighted by atomic mass is 9.90. The maximum Gasteiger partial charge on any atom is 0.161 e. The van der Waals surface area contributed by atoms with Gasteiger partial charge in [-0.15, -0.1) is 0 Å². The van der Waals surface area contributed by atoms with Crippen molar-refractivity contribution in [2.45, 2.75) is 31.8 Å². The fourth-order valence-electron chi connectivity index (χ4n) is 2.98. The highest BCUT2D eigenvalue weighted by atomic mass is 79.9. The number of likely N-dealkylation sites (N-methyl/N-ethyl adjacent to an activating group) is 1. The summed E-state index contributed by atoms with van der Waals surface area (Å²) < 4.78 is 11.8. The quantitative estimate of drug-likeness (QED) is 0.913. The van der Waals surface area contributed by atoms with Gasteiger partial charge in [0.1, 0.15) is 0 Å². The summed E-state index contributed by atoms with van der Waals surface area (Å²) in [7, 11) is 3.31. The van der Waals surface area contributed by atoms with E-state index >= 15 is 0 Å². The molecule has 0 bridgehead atoms. The molecule has 0 aromatic heterocycles. The first-order valence-electron chi connectivity index (χ1n) is 7.03. The Bertz CT molecular complexity index is 467. The van der Waals surface area contributed by atoms with Crippen LogP contribution in [0, 0.1) is 0 Å². The lowest BCUT2D eigenvalue weighted by molar-refractivity contribution is 0.135. The Kier molecular flexibility index (Phi) is 5.29. The van der Waals surface area contributed by atoms with E-state index < -0.39 is 0 Å². The molecule has 0 aliphatic carbocycles. The highest BCUT2D eigenvalue weighted by Crippen LogP contribution is 2.40. The number of hydrogen-bond donors (Lipinski definition) is 1. The summed E-state index contributed by atoms with van der Waals surface area (Å²) in [6, 6.07) is 4.38. The molecule has 0 saturated carbocycles. The summed E-state index contributed by atoms with van der Waals surface area (Å²) >= 11 is 3.65. The van der Waals surface area contributed by atoms with Crippen molar-refractivity contribution >= 4 is 15.9 Å². The Morgan fingerprint density at radius 1 is 1.30 bits per heavy atom. The predicted molar refractivity (Wildman–Crippen MR) is 84.4 cm³/mol. The number of benzene rings is 1. The van der Waals surface area contributed by atoms with E-state index in [4.69, 9.17) is 15.2 Å². The zero-order chi connectivity index (χ0) is 14.7. The number of ether oxygens (including phenoxy) is 2. The van der Waals surface area contributed by atoms with Gasteiger partial charge in [-0.25, -0.2) is 0 Å². The average Bonchev–Trinajstić information content (AvgIpc) is 2.47. The maximum absolute atomic E-state index is 6.37. The number of nitrogens with two attached hydrogens (primary N) is 1. The van der Waals surface area contributed by atoms with Gasteiger partial charge in [0.2, 0.25) is 0 Å². The molecule has 2 atom stereocenters. The van der Waals surface area contributed by atoms with Gasteiger partial charge in [0.15, 0.2) is 11.5 Å². The summed E-state index contributed by atoms with van der Waals surface area (Å²) in [4.78, 5) is 2.43. The van der Waals surface area contributed by atoms with E-state index in [1.54, 1.807) is 14.2 Å². The van der Waals surface area contributed by atoms with E-state index in [0.29, 0.717) is 0 Å². The summed E-state index contributed by atoms with van der Waals surface area (Å²) in [6.45, 7) is 4.27. The van der Waals surface area contributed by atoms with Crippen LogP contribution in [0.1, 0.15) is 31.4 Å². The molecule has 1 aromatic carbocycles. The minimum atomic E-state index is 0.151. The van der Waals surface area contributed by atoms with E-state index in [2.05, 4.69) is 27.8 Å². The molecule has 1 aromatic rings. The van der Waals surface area contributed by atoms with E-state index in [0.717, 1.165) is 41.9 Å². The fourth-order valence-corrected chi connectivity index (χ4v) is 3.53. The first-order chi connectivity index (χ1) is 9.62. The van der Waals surface area contributed by atoms with Gasteiger partial charge < -0.3 is 15.2 Å². The maximum atomic E-state index is 6.37. The lowest BCUT2D eigenvalue weighted by Gasteiger charge is -2.40. The highest BCUT2D eigenvalue weighted by molar-refractivity contribution is 9.10. The molecule has 2 N–H and O–H groups in total. The van der Waals surface area contributed by atoms with Gasteiger partial charge in [-0.3, -0.25) is 4.90 Å². The molecule has 0 spiro atoms. The predicted octanol–water partition coefficient (Wildman–Crippen LogP) is 2.95. The third-order valence-corrected chi connectivity index (χ3v) is 4.70. The molecule has 1 fully saturated rings. The van der Waals surface area contributed by atoms with Crippen LogP contribution in [0.15, 0.2) is 16.6 Å². The summed E-state index contributed by atoms with van der Waals surface area (Å²) in [5, 5.41) is 0. The highest BCUT2D eigenvalue weighted by Gasteiger charge is 2.31. The van der Waals surface area contributed by atoms with Crippen LogP contribution in [0.3, 0.4) is 0 Å². The summed E-state index contributed by atoms with van der Waals surface area (Å²) in [5.74, 6) is 1.48. The Hall–Kier alpha value is -0.780. The van der Waals surface area contributed by atoms with Crippen molar-refractivity contribution in [3.63, 3.8) is 0 Å². The van der Waals surface area contributed by atoms with Crippen LogP contribution >= 0.6 is 15.9 Å². The number of piperidine rings is 1. The molecule has 1 heterocycles. The molecule has 1 saturated heterocycles. The molecule has 5 heteroatoms. The van der Waals surface area contributed by atoms with Crippen LogP contribution in [0.25, 0.3) is 0 Å². The van der Waals surface area contributed by atoms with Crippen molar-refractivity contribution in [2.24, 2.45) is 5.73 Å². The first-order valence-corrected chi connectivity index (χ1v) is 7.82. The molecule has 112 valence electrons. The molecule has 1 aliphatic heterocycles. The third-order valence-electron chi connectivity index (χ3n) is 4.01. The van der Waals surface area contributed by atoms with Gasteiger partial charge in [0.25, 0.3) is 0 Å². The zero-order valence-electron chi connectivity index (χ0n) is 12.4. The van der Waals surface area contributed by atoms with E-state index in [-0.39, 0.29) is 12.1 Å². The standard InChI is InChI=1S/C15H23BrN2O2/c1-4-18-7-5-6-12(17)15(18)10-8-13(19-2)14(20-3)9-11(10)16/h8-9,12,15H,4-7,17H2,1-3H3. The molecule has 0 amide bonds. The Labute approximate surface area is 129 Å². The lowest BCUT2D eigenvalue weighted by Crippen LogP contribution is -2.45. The van der Waals surface area contributed by atoms with Crippen LogP contribution in [-0.4, -0.2) is 38.3 Å². The first kappa shape index (κ1) is 15.6. The molecule has 4 nitrogen and oxygen atoms in total. The number of hydrogen-bond acceptors (Lipinski definition) is 4. The third kappa shape index (κ3) is 2.95. The van der Waals surface area contributed by atoms with Crippen molar-refractivity contribution in [1.29, 1.82) is 0 Å². The SMILES string of the molecule is CCN1CCCC(N)C1c1cc(OC)c(OC)cc1Br. The average molecular weight is 343 g/mol. The molecular weight excluding hydrogens is 320 g/mol. The largest absolute Gasteiger partial charge is 0.493 e. The molecule has 2 rings (SSSR count). The summed E-state index contributed by atoms with van der Waals surface area (Å²) in [6.07, 6.45) is 2.22. The number of halogens is 1. The van der Waals surface area contributed by atoms with Gasteiger partial charge in [-0.05, 0) is 43.6 Å². The second kappa shape index (κ2) is 6.78. The number of methoxy groups -OCH3 is 2. The van der Waals surface area contributed by atoms with Crippen molar-refractivity contribution < 1.29 is 9.47 Å². The minimum absolute atomic E-state index is 0.151. The van der Waals surface area contributed by atoms with E-state index in [1.807, 2.05) is 12.1 Å². The van der Waals surface area contributed by atoms with Crippen molar-refractivity contribution in [1.82, 2.24) is 4.90 Å². The van der Waals surface area contributed by atoms with Crippen LogP contribution in [0.5, 0.6) is 11.5 Å². The summed E-state index contributed by atoms with van der Waals surface area (Å²) in [5.41, 5.74) is 7.55. The van der Waals surface area contributed by atoms with Gasteiger partial charge in [0, 0.05) is 10.5 Å². The Morgan fingerprint density at radius 3 is 2.55 bits per heavy atom. The van der Waals surface area contributed by atoms with Gasteiger partial charge in [-0.1, -0.05) is 22.9 Å². The fraction of sp³-hybridized carbons (Fsp3) is 0.600. The molecule has 1 aliphatic rings. The topological polar surface area (TPSA) is 47.7 Å². The number of rotatable bonds is 4. The second-order valence-electron chi connectivity index (χ2n) is 5.11. The second-order valence-corrected chi connectivity index (χ2v) is 5.96. The zero-order valence-corrected chi connectivity index (χ0v) is 13.9. The molecule has 0 radical (unpaired) electrons. The monoisotopic (exact) mass is 342 g/mol. The van der Waals surface area contributed by atoms with E-state index in [9.17, 15) is 0 Å². The van der Waals surface area contributed by atoms with Gasteiger partial charge in [0.05, 0.1) is 20.3 Å². The molecule has 20 heavy (non-hydrogen) atoms. The van der Waals surface area contributed by atoms with E-state index in [1.165, 1.54) is 5.56 Å². The van der Waals surface area contributed by atoms with Gasteiger partial charge in [-0.2, -0.15) is 0 Å². The number of nitrogens with zero attached hydrogens (tertiary/aromatic N) is 1. The molecular formula is C15H23BrN2O2. The van der Waals surface area contributed by atoms with Crippen molar-refractivity contribution in [3.8, 4) is 11.5 Å². The van der Waals surface area contributed by atoms with Gasteiger partial charge >= 0.3 is 0 Å². The van der Waals surface area contributed by atoms with Crippen LogP contribution in [-0.2, 0) is 0 Å². The minimum Gasteiger partial charge on any atom is -0.493 e. The van der Waals surface area contributed by atoms with Crippen LogP contribution in [0.2, 0.25) is 0 Å². The normalized spacial score (nSPS) is 23.6. The Balaban J connectivity index is 2.44.